The lowest BCUT2D eigenvalue weighted by Gasteiger charge is -2.32. The molecule has 106 valence electrons. The van der Waals surface area contributed by atoms with Crippen LogP contribution >= 0.6 is 0 Å². The molecular weight excluding hydrogens is 224 g/mol. The lowest BCUT2D eigenvalue weighted by molar-refractivity contribution is -0.134. The Morgan fingerprint density at radius 1 is 1.22 bits per heavy atom. The fraction of sp³-hybridized carbons (Fsp3) is 0.933. The minimum Gasteiger partial charge on any atom is -0.340 e. The minimum atomic E-state index is 0.338. The van der Waals surface area contributed by atoms with Gasteiger partial charge in [0.05, 0.1) is 0 Å². The van der Waals surface area contributed by atoms with Gasteiger partial charge in [-0.15, -0.1) is 0 Å². The SMILES string of the molecule is CC(C)CC(=O)N(CCCN)C1CCCCCC1. The van der Waals surface area contributed by atoms with Crippen LogP contribution < -0.4 is 5.73 Å². The van der Waals surface area contributed by atoms with Crippen molar-refractivity contribution < 1.29 is 4.79 Å². The standard InChI is InChI=1S/C15H30N2O/c1-13(2)12-15(18)17(11-7-10-16)14-8-5-3-4-6-9-14/h13-14H,3-12,16H2,1-2H3. The van der Waals surface area contributed by atoms with Crippen LogP contribution in [-0.2, 0) is 4.79 Å². The molecule has 1 rings (SSSR count). The molecule has 3 heteroatoms. The molecule has 0 atom stereocenters. The van der Waals surface area contributed by atoms with Crippen LogP contribution in [0.5, 0.6) is 0 Å². The maximum atomic E-state index is 12.4. The largest absolute Gasteiger partial charge is 0.340 e. The molecule has 0 unspecified atom stereocenters. The van der Waals surface area contributed by atoms with E-state index in [0.717, 1.165) is 13.0 Å². The average molecular weight is 254 g/mol. The maximum absolute atomic E-state index is 12.4. The Kier molecular flexibility index (Phi) is 7.33. The first kappa shape index (κ1) is 15.5. The highest BCUT2D eigenvalue weighted by Gasteiger charge is 2.24. The monoisotopic (exact) mass is 254 g/mol. The molecule has 18 heavy (non-hydrogen) atoms. The van der Waals surface area contributed by atoms with Gasteiger partial charge in [0.15, 0.2) is 0 Å². The second-order valence-corrected chi connectivity index (χ2v) is 5.97. The van der Waals surface area contributed by atoms with E-state index in [9.17, 15) is 4.79 Å². The van der Waals surface area contributed by atoms with Crippen molar-refractivity contribution in [3.63, 3.8) is 0 Å². The molecule has 0 heterocycles. The van der Waals surface area contributed by atoms with Crippen molar-refractivity contribution in [2.24, 2.45) is 11.7 Å². The van der Waals surface area contributed by atoms with Crippen molar-refractivity contribution in [2.75, 3.05) is 13.1 Å². The Morgan fingerprint density at radius 2 is 1.83 bits per heavy atom. The van der Waals surface area contributed by atoms with Crippen LogP contribution in [0.25, 0.3) is 0 Å². The fourth-order valence-electron chi connectivity index (χ4n) is 2.81. The topological polar surface area (TPSA) is 46.3 Å². The third-order valence-electron chi connectivity index (χ3n) is 3.77. The number of rotatable bonds is 6. The zero-order valence-electron chi connectivity index (χ0n) is 12.2. The van der Waals surface area contributed by atoms with E-state index in [1.165, 1.54) is 38.5 Å². The van der Waals surface area contributed by atoms with E-state index in [1.807, 2.05) is 0 Å². The third-order valence-corrected chi connectivity index (χ3v) is 3.77. The first-order valence-corrected chi connectivity index (χ1v) is 7.64. The lowest BCUT2D eigenvalue weighted by Crippen LogP contribution is -2.41. The lowest BCUT2D eigenvalue weighted by atomic mass is 10.0. The molecule has 1 aliphatic rings. The van der Waals surface area contributed by atoms with Crippen LogP contribution in [0.4, 0.5) is 0 Å². The van der Waals surface area contributed by atoms with Gasteiger partial charge in [-0.2, -0.15) is 0 Å². The number of amides is 1. The molecule has 0 spiro atoms. The summed E-state index contributed by atoms with van der Waals surface area (Å²) in [6, 6.07) is 0.477. The van der Waals surface area contributed by atoms with Gasteiger partial charge in [0.1, 0.15) is 0 Å². The van der Waals surface area contributed by atoms with Gasteiger partial charge in [-0.25, -0.2) is 0 Å². The summed E-state index contributed by atoms with van der Waals surface area (Å²) in [4.78, 5) is 14.5. The second kappa shape index (κ2) is 8.52. The van der Waals surface area contributed by atoms with Crippen LogP contribution in [-0.4, -0.2) is 29.9 Å². The Labute approximate surface area is 112 Å². The van der Waals surface area contributed by atoms with E-state index in [0.29, 0.717) is 30.8 Å². The van der Waals surface area contributed by atoms with Crippen molar-refractivity contribution in [2.45, 2.75) is 71.3 Å². The highest BCUT2D eigenvalue weighted by Crippen LogP contribution is 2.23. The molecular formula is C15H30N2O. The summed E-state index contributed by atoms with van der Waals surface area (Å²) < 4.78 is 0. The van der Waals surface area contributed by atoms with E-state index in [-0.39, 0.29) is 0 Å². The van der Waals surface area contributed by atoms with Crippen LogP contribution in [0, 0.1) is 5.92 Å². The molecule has 1 aliphatic carbocycles. The van der Waals surface area contributed by atoms with Gasteiger partial charge in [0, 0.05) is 19.0 Å². The number of carbonyl (C=O) groups is 1. The predicted molar refractivity (Wildman–Crippen MR) is 76.3 cm³/mol. The Bertz CT molecular complexity index is 233. The molecule has 2 N–H and O–H groups in total. The molecule has 1 saturated carbocycles. The average Bonchev–Trinajstić information content (AvgIpc) is 2.57. The summed E-state index contributed by atoms with van der Waals surface area (Å²) in [5.41, 5.74) is 5.60. The molecule has 1 amide bonds. The van der Waals surface area contributed by atoms with Gasteiger partial charge in [0.25, 0.3) is 0 Å². The molecule has 0 bridgehead atoms. The summed E-state index contributed by atoms with van der Waals surface area (Å²) >= 11 is 0. The molecule has 0 aromatic carbocycles. The van der Waals surface area contributed by atoms with Crippen LogP contribution in [0.3, 0.4) is 0 Å². The van der Waals surface area contributed by atoms with Gasteiger partial charge in [-0.1, -0.05) is 39.5 Å². The van der Waals surface area contributed by atoms with Crippen molar-refractivity contribution in [1.29, 1.82) is 0 Å². The third kappa shape index (κ3) is 5.38. The van der Waals surface area contributed by atoms with E-state index < -0.39 is 0 Å². The summed E-state index contributed by atoms with van der Waals surface area (Å²) in [5, 5.41) is 0. The van der Waals surface area contributed by atoms with Gasteiger partial charge >= 0.3 is 0 Å². The molecule has 0 aromatic heterocycles. The Hall–Kier alpha value is -0.570. The van der Waals surface area contributed by atoms with Crippen molar-refractivity contribution >= 4 is 5.91 Å². The zero-order chi connectivity index (χ0) is 13.4. The second-order valence-electron chi connectivity index (χ2n) is 5.97. The highest BCUT2D eigenvalue weighted by molar-refractivity contribution is 5.76. The highest BCUT2D eigenvalue weighted by atomic mass is 16.2. The minimum absolute atomic E-state index is 0.338. The van der Waals surface area contributed by atoms with Crippen molar-refractivity contribution in [3.8, 4) is 0 Å². The maximum Gasteiger partial charge on any atom is 0.223 e. The van der Waals surface area contributed by atoms with Gasteiger partial charge < -0.3 is 10.6 Å². The molecule has 3 nitrogen and oxygen atoms in total. The molecule has 0 aliphatic heterocycles. The molecule has 0 saturated heterocycles. The Balaban J connectivity index is 2.59. The summed E-state index contributed by atoms with van der Waals surface area (Å²) in [6.45, 7) is 5.77. The number of nitrogens with zero attached hydrogens (tertiary/aromatic N) is 1. The first-order valence-electron chi connectivity index (χ1n) is 7.64. The first-order chi connectivity index (χ1) is 8.65. The smallest absolute Gasteiger partial charge is 0.223 e. The number of carbonyl (C=O) groups excluding carboxylic acids is 1. The van der Waals surface area contributed by atoms with E-state index in [1.54, 1.807) is 0 Å². The van der Waals surface area contributed by atoms with Crippen molar-refractivity contribution in [1.82, 2.24) is 4.90 Å². The van der Waals surface area contributed by atoms with Crippen LogP contribution in [0.2, 0.25) is 0 Å². The molecule has 0 aromatic rings. The number of nitrogens with two attached hydrogens (primary N) is 1. The van der Waals surface area contributed by atoms with Gasteiger partial charge in [-0.3, -0.25) is 4.79 Å². The summed E-state index contributed by atoms with van der Waals surface area (Å²) in [5.74, 6) is 0.786. The van der Waals surface area contributed by atoms with Gasteiger partial charge in [-0.05, 0) is 31.7 Å². The number of hydrogen-bond donors (Lipinski definition) is 1. The van der Waals surface area contributed by atoms with E-state index in [2.05, 4.69) is 18.7 Å². The van der Waals surface area contributed by atoms with Gasteiger partial charge in [0.2, 0.25) is 5.91 Å². The summed E-state index contributed by atoms with van der Waals surface area (Å²) in [7, 11) is 0. The number of hydrogen-bond acceptors (Lipinski definition) is 2. The zero-order valence-corrected chi connectivity index (χ0v) is 12.2. The van der Waals surface area contributed by atoms with Crippen molar-refractivity contribution in [3.05, 3.63) is 0 Å². The Morgan fingerprint density at radius 3 is 2.33 bits per heavy atom. The van der Waals surface area contributed by atoms with Crippen LogP contribution in [0.1, 0.15) is 65.2 Å². The van der Waals surface area contributed by atoms with E-state index in [4.69, 9.17) is 5.73 Å². The molecule has 0 radical (unpaired) electrons. The fourth-order valence-corrected chi connectivity index (χ4v) is 2.81. The van der Waals surface area contributed by atoms with E-state index >= 15 is 0 Å². The predicted octanol–water partition coefficient (Wildman–Crippen LogP) is 2.93. The normalized spacial score (nSPS) is 17.8. The quantitative estimate of drug-likeness (QED) is 0.741. The summed E-state index contributed by atoms with van der Waals surface area (Å²) in [6.07, 6.45) is 9.21. The van der Waals surface area contributed by atoms with Crippen LogP contribution in [0.15, 0.2) is 0 Å². The molecule has 1 fully saturated rings.